The number of carbonyl (C=O) groups is 1. The number of likely N-dealkylation sites (tertiary alicyclic amines) is 1. The number of piperidine rings is 1. The topological polar surface area (TPSA) is 67.6 Å². The zero-order chi connectivity index (χ0) is 13.8. The summed E-state index contributed by atoms with van der Waals surface area (Å²) >= 11 is 0. The average Bonchev–Trinajstić information content (AvgIpc) is 2.40. The summed E-state index contributed by atoms with van der Waals surface area (Å²) in [4.78, 5) is 13.9. The van der Waals surface area contributed by atoms with Gasteiger partial charge in [0.15, 0.2) is 0 Å². The molecule has 1 fully saturated rings. The van der Waals surface area contributed by atoms with Crippen LogP contribution in [-0.2, 0) is 4.74 Å². The molecule has 19 heavy (non-hydrogen) atoms. The molecule has 0 bridgehead atoms. The van der Waals surface area contributed by atoms with E-state index >= 15 is 0 Å². The lowest BCUT2D eigenvalue weighted by Gasteiger charge is -2.31. The molecular formula is C14H21N3O2. The van der Waals surface area contributed by atoms with Gasteiger partial charge in [0.25, 0.3) is 0 Å². The van der Waals surface area contributed by atoms with E-state index in [2.05, 4.69) is 17.3 Å². The van der Waals surface area contributed by atoms with Crippen LogP contribution in [0.4, 0.5) is 11.4 Å². The Hall–Kier alpha value is -1.75. The number of anilines is 2. The van der Waals surface area contributed by atoms with Crippen LogP contribution in [-0.4, -0.2) is 44.2 Å². The summed E-state index contributed by atoms with van der Waals surface area (Å²) in [5.41, 5.74) is 7.55. The quantitative estimate of drug-likeness (QED) is 0.640. The highest BCUT2D eigenvalue weighted by molar-refractivity contribution is 5.96. The highest BCUT2D eigenvalue weighted by atomic mass is 16.5. The average molecular weight is 263 g/mol. The number of esters is 1. The normalized spacial score (nSPS) is 20.0. The molecular weight excluding hydrogens is 242 g/mol. The van der Waals surface area contributed by atoms with Crippen molar-refractivity contribution in [3.05, 3.63) is 23.8 Å². The third kappa shape index (κ3) is 3.38. The highest BCUT2D eigenvalue weighted by Crippen LogP contribution is 2.21. The number of likely N-dealkylation sites (N-methyl/N-ethyl adjacent to an activating group) is 1. The van der Waals surface area contributed by atoms with Crippen LogP contribution >= 0.6 is 0 Å². The van der Waals surface area contributed by atoms with Crippen molar-refractivity contribution >= 4 is 17.3 Å². The van der Waals surface area contributed by atoms with E-state index in [1.807, 2.05) is 6.07 Å². The Kier molecular flexibility index (Phi) is 4.27. The summed E-state index contributed by atoms with van der Waals surface area (Å²) in [5, 5.41) is 3.45. The van der Waals surface area contributed by atoms with E-state index < -0.39 is 5.97 Å². The summed E-state index contributed by atoms with van der Waals surface area (Å²) in [6.07, 6.45) is 2.33. The van der Waals surface area contributed by atoms with Gasteiger partial charge in [-0.1, -0.05) is 0 Å². The highest BCUT2D eigenvalue weighted by Gasteiger charge is 2.18. The van der Waals surface area contributed by atoms with E-state index in [1.165, 1.54) is 13.5 Å². The Morgan fingerprint density at radius 2 is 2.32 bits per heavy atom. The molecule has 5 nitrogen and oxygen atoms in total. The lowest BCUT2D eigenvalue weighted by atomic mass is 10.1. The fraction of sp³-hybridized carbons (Fsp3) is 0.500. The summed E-state index contributed by atoms with van der Waals surface area (Å²) in [7, 11) is 3.48. The summed E-state index contributed by atoms with van der Waals surface area (Å²) < 4.78 is 4.72. The minimum atomic E-state index is -0.401. The molecule has 2 rings (SSSR count). The van der Waals surface area contributed by atoms with Crippen molar-refractivity contribution in [2.45, 2.75) is 18.9 Å². The van der Waals surface area contributed by atoms with Crippen LogP contribution in [0.2, 0.25) is 0 Å². The van der Waals surface area contributed by atoms with Gasteiger partial charge in [-0.3, -0.25) is 0 Å². The molecule has 0 aliphatic carbocycles. The molecule has 0 spiro atoms. The van der Waals surface area contributed by atoms with Gasteiger partial charge in [-0.25, -0.2) is 4.79 Å². The van der Waals surface area contributed by atoms with E-state index in [-0.39, 0.29) is 0 Å². The van der Waals surface area contributed by atoms with Crippen LogP contribution in [0.3, 0.4) is 0 Å². The maximum atomic E-state index is 11.6. The smallest absolute Gasteiger partial charge is 0.340 e. The van der Waals surface area contributed by atoms with Crippen molar-refractivity contribution in [2.75, 3.05) is 38.3 Å². The number of methoxy groups -OCH3 is 1. The van der Waals surface area contributed by atoms with Crippen molar-refractivity contribution in [3.63, 3.8) is 0 Å². The zero-order valence-corrected chi connectivity index (χ0v) is 11.5. The van der Waals surface area contributed by atoms with Crippen LogP contribution in [0, 0.1) is 0 Å². The van der Waals surface area contributed by atoms with Crippen molar-refractivity contribution in [2.24, 2.45) is 0 Å². The van der Waals surface area contributed by atoms with Gasteiger partial charge in [0.05, 0.1) is 12.7 Å². The summed E-state index contributed by atoms with van der Waals surface area (Å²) in [5.74, 6) is -0.401. The Bertz CT molecular complexity index is 462. The first-order valence-corrected chi connectivity index (χ1v) is 6.53. The van der Waals surface area contributed by atoms with Gasteiger partial charge in [-0.2, -0.15) is 0 Å². The van der Waals surface area contributed by atoms with Crippen molar-refractivity contribution in [1.29, 1.82) is 0 Å². The first-order chi connectivity index (χ1) is 9.10. The van der Waals surface area contributed by atoms with Crippen LogP contribution in [0.15, 0.2) is 18.2 Å². The van der Waals surface area contributed by atoms with E-state index in [1.54, 1.807) is 12.1 Å². The second kappa shape index (κ2) is 5.93. The Morgan fingerprint density at radius 1 is 1.53 bits per heavy atom. The Balaban J connectivity index is 2.10. The van der Waals surface area contributed by atoms with Gasteiger partial charge in [0.1, 0.15) is 0 Å². The Labute approximate surface area is 113 Å². The maximum absolute atomic E-state index is 11.6. The summed E-state index contributed by atoms with van der Waals surface area (Å²) in [6.45, 7) is 2.16. The number of nitrogen functional groups attached to an aromatic ring is 1. The number of benzene rings is 1. The predicted molar refractivity (Wildman–Crippen MR) is 76.3 cm³/mol. The molecule has 0 radical (unpaired) electrons. The molecule has 0 saturated carbocycles. The molecule has 1 saturated heterocycles. The fourth-order valence-electron chi connectivity index (χ4n) is 2.45. The number of nitrogens with two attached hydrogens (primary N) is 1. The molecule has 1 unspecified atom stereocenters. The fourth-order valence-corrected chi connectivity index (χ4v) is 2.45. The molecule has 104 valence electrons. The molecule has 1 aromatic rings. The number of hydrogen-bond donors (Lipinski definition) is 2. The van der Waals surface area contributed by atoms with Gasteiger partial charge >= 0.3 is 5.97 Å². The largest absolute Gasteiger partial charge is 0.465 e. The molecule has 0 aromatic heterocycles. The lowest BCUT2D eigenvalue weighted by Crippen LogP contribution is -2.39. The third-order valence-corrected chi connectivity index (χ3v) is 3.45. The van der Waals surface area contributed by atoms with Crippen LogP contribution in [0.5, 0.6) is 0 Å². The van der Waals surface area contributed by atoms with E-state index in [4.69, 9.17) is 10.5 Å². The SMILES string of the molecule is COC(=O)c1cc(NC2CCCN(C)C2)ccc1N. The first kappa shape index (κ1) is 13.7. The number of nitrogens with zero attached hydrogens (tertiary/aromatic N) is 1. The zero-order valence-electron chi connectivity index (χ0n) is 11.5. The monoisotopic (exact) mass is 263 g/mol. The van der Waals surface area contributed by atoms with Crippen molar-refractivity contribution in [1.82, 2.24) is 4.90 Å². The van der Waals surface area contributed by atoms with Gasteiger partial charge in [-0.05, 0) is 44.6 Å². The standard InChI is InChI=1S/C14H21N3O2/c1-17-7-3-4-11(9-17)16-10-5-6-13(15)12(8-10)14(18)19-2/h5-6,8,11,16H,3-4,7,9,15H2,1-2H3. The minimum Gasteiger partial charge on any atom is -0.465 e. The lowest BCUT2D eigenvalue weighted by molar-refractivity contribution is 0.0602. The van der Waals surface area contributed by atoms with Crippen molar-refractivity contribution in [3.8, 4) is 0 Å². The Morgan fingerprint density at radius 3 is 3.00 bits per heavy atom. The van der Waals surface area contributed by atoms with Crippen LogP contribution in [0.25, 0.3) is 0 Å². The van der Waals surface area contributed by atoms with Crippen molar-refractivity contribution < 1.29 is 9.53 Å². The second-order valence-electron chi connectivity index (χ2n) is 5.04. The number of hydrogen-bond acceptors (Lipinski definition) is 5. The third-order valence-electron chi connectivity index (χ3n) is 3.45. The van der Waals surface area contributed by atoms with E-state index in [0.717, 1.165) is 25.2 Å². The van der Waals surface area contributed by atoms with Gasteiger partial charge in [-0.15, -0.1) is 0 Å². The van der Waals surface area contributed by atoms with E-state index in [9.17, 15) is 4.79 Å². The molecule has 0 amide bonds. The molecule has 3 N–H and O–H groups in total. The van der Waals surface area contributed by atoms with Gasteiger partial charge < -0.3 is 20.7 Å². The second-order valence-corrected chi connectivity index (χ2v) is 5.04. The maximum Gasteiger partial charge on any atom is 0.340 e. The molecule has 1 atom stereocenters. The number of nitrogens with one attached hydrogen (secondary N) is 1. The summed E-state index contributed by atoms with van der Waals surface area (Å²) in [6, 6.07) is 5.81. The number of rotatable bonds is 3. The number of carbonyl (C=O) groups excluding carboxylic acids is 1. The number of ether oxygens (including phenoxy) is 1. The van der Waals surface area contributed by atoms with Gasteiger partial charge in [0, 0.05) is 24.0 Å². The molecule has 1 aliphatic heterocycles. The molecule has 1 heterocycles. The van der Waals surface area contributed by atoms with Crippen LogP contribution < -0.4 is 11.1 Å². The first-order valence-electron chi connectivity index (χ1n) is 6.53. The van der Waals surface area contributed by atoms with E-state index in [0.29, 0.717) is 17.3 Å². The van der Waals surface area contributed by atoms with Gasteiger partial charge in [0.2, 0.25) is 0 Å². The van der Waals surface area contributed by atoms with Crippen LogP contribution in [0.1, 0.15) is 23.2 Å². The minimum absolute atomic E-state index is 0.401. The molecule has 1 aromatic carbocycles. The predicted octanol–water partition coefficient (Wildman–Crippen LogP) is 1.56. The molecule has 5 heteroatoms. The molecule has 1 aliphatic rings.